The van der Waals surface area contributed by atoms with E-state index in [2.05, 4.69) is 9.97 Å². The average Bonchev–Trinajstić information content (AvgIpc) is 2.81. The lowest BCUT2D eigenvalue weighted by Crippen LogP contribution is -2.18. The monoisotopic (exact) mass is 488 g/mol. The lowest BCUT2D eigenvalue weighted by atomic mass is 10.1. The quantitative estimate of drug-likeness (QED) is 0.404. The maximum atomic E-state index is 13.1. The van der Waals surface area contributed by atoms with Crippen molar-refractivity contribution in [3.8, 4) is 0 Å². The molecule has 10 heteroatoms. The Hall–Kier alpha value is -3.85. The second kappa shape index (κ2) is 10.8. The molecule has 0 saturated carbocycles. The molecule has 0 saturated heterocycles. The molecule has 2 aromatic heterocycles. The Kier molecular flexibility index (Phi) is 7.91. The Morgan fingerprint density at radius 3 is 2.18 bits per heavy atom. The Morgan fingerprint density at radius 1 is 0.941 bits per heavy atom. The number of ether oxygens (including phenoxy) is 2. The van der Waals surface area contributed by atoms with Crippen LogP contribution in [0.1, 0.15) is 34.6 Å². The zero-order valence-corrected chi connectivity index (χ0v) is 18.9. The second-order valence-corrected chi connectivity index (χ2v) is 7.19. The van der Waals surface area contributed by atoms with Crippen molar-refractivity contribution < 1.29 is 27.8 Å². The summed E-state index contributed by atoms with van der Waals surface area (Å²) >= 11 is 6.04. The van der Waals surface area contributed by atoms with Crippen molar-refractivity contribution in [2.75, 3.05) is 13.2 Å². The number of benzene rings is 2. The normalized spacial score (nSPS) is 10.5. The molecule has 2 aromatic carbocycles. The van der Waals surface area contributed by atoms with Gasteiger partial charge in [0.2, 0.25) is 5.43 Å². The van der Waals surface area contributed by atoms with Gasteiger partial charge in [0, 0.05) is 28.7 Å². The Bertz CT molecular complexity index is 1440. The van der Waals surface area contributed by atoms with E-state index >= 15 is 0 Å². The van der Waals surface area contributed by atoms with Gasteiger partial charge in [-0.15, -0.1) is 0 Å². The highest BCUT2D eigenvalue weighted by molar-refractivity contribution is 6.38. The van der Waals surface area contributed by atoms with Crippen LogP contribution in [0.15, 0.2) is 53.6 Å². The standard InChI is InChI=1S/C12H9ClFNO2.C12H10FNO3/c1-2-17-12(16)9-6-15-10-4-3-7(14)5-8(10)11(9)13;1-2-17-12(16)9-6-14-10-4-3-7(13)5-8(10)11(9)15/h3-6H,2H2,1H3;3-6H,2H2,1H3,(H,14,15). The first kappa shape index (κ1) is 24.8. The number of aromatic nitrogens is 2. The highest BCUT2D eigenvalue weighted by Crippen LogP contribution is 2.26. The Morgan fingerprint density at radius 2 is 1.53 bits per heavy atom. The van der Waals surface area contributed by atoms with E-state index in [-0.39, 0.29) is 34.7 Å². The number of hydrogen-bond acceptors (Lipinski definition) is 6. The molecule has 7 nitrogen and oxygen atoms in total. The summed E-state index contributed by atoms with van der Waals surface area (Å²) in [6.45, 7) is 3.77. The van der Waals surface area contributed by atoms with Crippen LogP contribution in [0.4, 0.5) is 8.78 Å². The summed E-state index contributed by atoms with van der Waals surface area (Å²) in [5.74, 6) is -2.22. The van der Waals surface area contributed by atoms with Gasteiger partial charge in [0.05, 0.1) is 29.3 Å². The van der Waals surface area contributed by atoms with Crippen LogP contribution in [0, 0.1) is 11.6 Å². The number of nitrogens with zero attached hydrogens (tertiary/aromatic N) is 1. The fourth-order valence-electron chi connectivity index (χ4n) is 3.03. The van der Waals surface area contributed by atoms with Gasteiger partial charge in [0.25, 0.3) is 0 Å². The summed E-state index contributed by atoms with van der Waals surface area (Å²) in [5, 5.41) is 0.695. The van der Waals surface area contributed by atoms with Crippen molar-refractivity contribution in [3.63, 3.8) is 0 Å². The molecule has 34 heavy (non-hydrogen) atoms. The average molecular weight is 489 g/mol. The number of pyridine rings is 2. The third kappa shape index (κ3) is 5.37. The van der Waals surface area contributed by atoms with E-state index < -0.39 is 29.0 Å². The Balaban J connectivity index is 0.000000191. The first-order chi connectivity index (χ1) is 16.3. The largest absolute Gasteiger partial charge is 0.462 e. The number of carbonyl (C=O) groups is 2. The van der Waals surface area contributed by atoms with Gasteiger partial charge in [0.15, 0.2) is 0 Å². The lowest BCUT2D eigenvalue weighted by Gasteiger charge is -2.06. The fraction of sp³-hybridized carbons (Fsp3) is 0.167. The first-order valence-corrected chi connectivity index (χ1v) is 10.5. The molecular weight excluding hydrogens is 470 g/mol. The number of rotatable bonds is 4. The van der Waals surface area contributed by atoms with Gasteiger partial charge < -0.3 is 14.5 Å². The molecule has 4 aromatic rings. The summed E-state index contributed by atoms with van der Waals surface area (Å²) in [5.41, 5.74) is 0.502. The third-order valence-corrected chi connectivity index (χ3v) is 5.01. The van der Waals surface area contributed by atoms with Crippen molar-refractivity contribution in [2.24, 2.45) is 0 Å². The number of nitrogens with one attached hydrogen (secondary N) is 1. The van der Waals surface area contributed by atoms with Gasteiger partial charge in [-0.05, 0) is 50.2 Å². The van der Waals surface area contributed by atoms with Crippen LogP contribution in [0.5, 0.6) is 0 Å². The van der Waals surface area contributed by atoms with Crippen LogP contribution in [0.2, 0.25) is 5.02 Å². The molecule has 0 fully saturated rings. The summed E-state index contributed by atoms with van der Waals surface area (Å²) in [7, 11) is 0. The fourth-order valence-corrected chi connectivity index (χ4v) is 3.31. The SMILES string of the molecule is CCOC(=O)c1c[nH]c2ccc(F)cc2c1=O.CCOC(=O)c1cnc2ccc(F)cc2c1Cl. The third-order valence-electron chi connectivity index (χ3n) is 4.60. The van der Waals surface area contributed by atoms with Crippen LogP contribution < -0.4 is 5.43 Å². The number of aromatic amines is 1. The van der Waals surface area contributed by atoms with Crippen LogP contribution in [-0.2, 0) is 9.47 Å². The minimum atomic E-state index is -0.708. The summed E-state index contributed by atoms with van der Waals surface area (Å²) in [4.78, 5) is 41.7. The number of fused-ring (bicyclic) bond motifs is 2. The molecule has 0 amide bonds. The lowest BCUT2D eigenvalue weighted by molar-refractivity contribution is 0.0516. The van der Waals surface area contributed by atoms with E-state index in [1.165, 1.54) is 42.7 Å². The van der Waals surface area contributed by atoms with Crippen molar-refractivity contribution in [1.82, 2.24) is 9.97 Å². The van der Waals surface area contributed by atoms with Gasteiger partial charge in [-0.25, -0.2) is 18.4 Å². The van der Waals surface area contributed by atoms with Gasteiger partial charge in [-0.2, -0.15) is 0 Å². The highest BCUT2D eigenvalue weighted by Gasteiger charge is 2.15. The van der Waals surface area contributed by atoms with E-state index in [1.54, 1.807) is 13.8 Å². The molecule has 0 unspecified atom stereocenters. The molecule has 0 atom stereocenters. The van der Waals surface area contributed by atoms with E-state index in [0.29, 0.717) is 16.4 Å². The van der Waals surface area contributed by atoms with Crippen molar-refractivity contribution >= 4 is 45.3 Å². The number of H-pyrrole nitrogens is 1. The summed E-state index contributed by atoms with van der Waals surface area (Å²) < 4.78 is 35.7. The van der Waals surface area contributed by atoms with Gasteiger partial charge >= 0.3 is 11.9 Å². The topological polar surface area (TPSA) is 98.4 Å². The van der Waals surface area contributed by atoms with Crippen LogP contribution in [0.3, 0.4) is 0 Å². The van der Waals surface area contributed by atoms with E-state index in [0.717, 1.165) is 6.07 Å². The van der Waals surface area contributed by atoms with Crippen LogP contribution >= 0.6 is 11.6 Å². The molecule has 0 aliphatic heterocycles. The van der Waals surface area contributed by atoms with Crippen LogP contribution in [-0.4, -0.2) is 35.1 Å². The van der Waals surface area contributed by atoms with Crippen LogP contribution in [0.25, 0.3) is 21.8 Å². The van der Waals surface area contributed by atoms with E-state index in [9.17, 15) is 23.2 Å². The van der Waals surface area contributed by atoms with Gasteiger partial charge in [0.1, 0.15) is 17.2 Å². The molecule has 4 rings (SSSR count). The number of halogens is 3. The minimum Gasteiger partial charge on any atom is -0.462 e. The van der Waals surface area contributed by atoms with Crippen molar-refractivity contribution in [3.05, 3.63) is 86.8 Å². The summed E-state index contributed by atoms with van der Waals surface area (Å²) in [6, 6.07) is 7.81. The Labute approximate surface area is 197 Å². The molecule has 176 valence electrons. The maximum absolute atomic E-state index is 13.1. The highest BCUT2D eigenvalue weighted by atomic mass is 35.5. The molecule has 0 aliphatic carbocycles. The predicted molar refractivity (Wildman–Crippen MR) is 123 cm³/mol. The molecular formula is C24H19ClF2N2O5. The second-order valence-electron chi connectivity index (χ2n) is 6.81. The smallest absolute Gasteiger partial charge is 0.343 e. The number of carbonyl (C=O) groups excluding carboxylic acids is 2. The van der Waals surface area contributed by atoms with Gasteiger partial charge in [-0.3, -0.25) is 9.78 Å². The maximum Gasteiger partial charge on any atom is 0.343 e. The van der Waals surface area contributed by atoms with E-state index in [4.69, 9.17) is 21.1 Å². The molecule has 0 aliphatic rings. The minimum absolute atomic E-state index is 0.120. The van der Waals surface area contributed by atoms with Crippen molar-refractivity contribution in [1.29, 1.82) is 0 Å². The molecule has 2 heterocycles. The number of hydrogen-bond donors (Lipinski definition) is 1. The molecule has 1 N–H and O–H groups in total. The van der Waals surface area contributed by atoms with Gasteiger partial charge in [-0.1, -0.05) is 11.6 Å². The first-order valence-electron chi connectivity index (χ1n) is 10.2. The predicted octanol–water partition coefficient (Wildman–Crippen LogP) is 5.05. The zero-order chi connectivity index (χ0) is 24.8. The summed E-state index contributed by atoms with van der Waals surface area (Å²) in [6.07, 6.45) is 2.61. The molecule has 0 spiro atoms. The number of esters is 2. The molecule has 0 bridgehead atoms. The zero-order valence-electron chi connectivity index (χ0n) is 18.2. The van der Waals surface area contributed by atoms with E-state index in [1.807, 2.05) is 0 Å². The van der Waals surface area contributed by atoms with Crippen molar-refractivity contribution in [2.45, 2.75) is 13.8 Å². The molecule has 0 radical (unpaired) electrons.